The Labute approximate surface area is 211 Å². The van der Waals surface area contributed by atoms with Crippen LogP contribution in [0.5, 0.6) is 0 Å². The number of aryl methyl sites for hydroxylation is 4. The van der Waals surface area contributed by atoms with E-state index in [2.05, 4.69) is 97.1 Å². The fourth-order valence-electron chi connectivity index (χ4n) is 3.50. The van der Waals surface area contributed by atoms with E-state index in [-0.39, 0.29) is 30.2 Å². The molecule has 0 N–H and O–H groups in total. The summed E-state index contributed by atoms with van der Waals surface area (Å²) in [5.74, 6) is 0. The number of rotatable bonds is 0. The van der Waals surface area contributed by atoms with Gasteiger partial charge in [-0.05, 0) is 18.9 Å². The summed E-state index contributed by atoms with van der Waals surface area (Å²) in [5, 5.41) is 0. The summed E-state index contributed by atoms with van der Waals surface area (Å²) in [7, 11) is 0. The topological polar surface area (TPSA) is 0 Å². The van der Waals surface area contributed by atoms with Gasteiger partial charge in [0.05, 0.1) is 0 Å². The first-order chi connectivity index (χ1) is 13.1. The van der Waals surface area contributed by atoms with Crippen molar-refractivity contribution in [2.24, 2.45) is 0 Å². The summed E-state index contributed by atoms with van der Waals surface area (Å²) in [6.07, 6.45) is 1.05. The van der Waals surface area contributed by atoms with Crippen LogP contribution < -0.4 is 24.8 Å². The molecular formula is C26H32Cl2SiZr-2. The predicted molar refractivity (Wildman–Crippen MR) is 121 cm³/mol. The van der Waals surface area contributed by atoms with Gasteiger partial charge in [0.2, 0.25) is 0 Å². The van der Waals surface area contributed by atoms with Crippen LogP contribution in [0.3, 0.4) is 0 Å². The summed E-state index contributed by atoms with van der Waals surface area (Å²) < 4.78 is 0. The van der Waals surface area contributed by atoms with E-state index in [1.54, 1.807) is 23.3 Å². The van der Waals surface area contributed by atoms with Crippen LogP contribution in [0.2, 0.25) is 13.1 Å². The quantitative estimate of drug-likeness (QED) is 0.234. The molecule has 0 radical (unpaired) electrons. The fraction of sp³-hybridized carbons (Fsp3) is 0.346. The molecule has 0 aliphatic heterocycles. The molecule has 1 aliphatic carbocycles. The number of hydrogen-bond acceptors (Lipinski definition) is 0. The van der Waals surface area contributed by atoms with Crippen LogP contribution in [-0.2, 0) is 29.8 Å². The maximum absolute atomic E-state index is 3.45. The first-order valence-corrected chi connectivity index (χ1v) is 16.1. The van der Waals surface area contributed by atoms with Crippen molar-refractivity contribution < 1.29 is 48.1 Å². The van der Waals surface area contributed by atoms with E-state index in [4.69, 9.17) is 0 Å². The number of halogens is 2. The minimum Gasteiger partial charge on any atom is -1.00 e. The zero-order valence-corrected chi connectivity index (χ0v) is 24.4. The molecular weight excluding hydrogens is 503 g/mol. The van der Waals surface area contributed by atoms with Crippen molar-refractivity contribution in [1.82, 2.24) is 0 Å². The van der Waals surface area contributed by atoms with Gasteiger partial charge in [0.25, 0.3) is 0 Å². The maximum atomic E-state index is 3.45. The second kappa shape index (κ2) is 13.1. The van der Waals surface area contributed by atoms with E-state index in [1.807, 2.05) is 0 Å². The molecule has 0 heterocycles. The molecule has 0 amide bonds. The number of fused-ring (bicyclic) bond motifs is 3. The Morgan fingerprint density at radius 3 is 1.80 bits per heavy atom. The van der Waals surface area contributed by atoms with Gasteiger partial charge in [0.1, 0.15) is 0 Å². The molecule has 0 saturated carbocycles. The Kier molecular flexibility index (Phi) is 12.9. The van der Waals surface area contributed by atoms with Crippen LogP contribution in [0.4, 0.5) is 0 Å². The predicted octanol–water partition coefficient (Wildman–Crippen LogP) is 1.11. The van der Waals surface area contributed by atoms with Crippen molar-refractivity contribution in [3.8, 4) is 11.1 Å². The van der Waals surface area contributed by atoms with Crippen molar-refractivity contribution in [3.63, 3.8) is 0 Å². The van der Waals surface area contributed by atoms with Gasteiger partial charge in [-0.15, -0.1) is 11.1 Å². The summed E-state index contributed by atoms with van der Waals surface area (Å²) in [5.41, 5.74) is 14.1. The molecule has 0 fully saturated rings. The minimum atomic E-state index is 0. The van der Waals surface area contributed by atoms with Crippen LogP contribution in [0.15, 0.2) is 36.4 Å². The van der Waals surface area contributed by atoms with E-state index < -0.39 is 0 Å². The van der Waals surface area contributed by atoms with E-state index >= 15 is 0 Å². The molecule has 0 spiro atoms. The van der Waals surface area contributed by atoms with Crippen LogP contribution >= 0.6 is 0 Å². The summed E-state index contributed by atoms with van der Waals surface area (Å²) in [6, 6.07) is 16.8. The Bertz CT molecular complexity index is 927. The van der Waals surface area contributed by atoms with Crippen LogP contribution in [0, 0.1) is 47.6 Å². The summed E-state index contributed by atoms with van der Waals surface area (Å²) in [6.45, 7) is 17.6. The van der Waals surface area contributed by atoms with Gasteiger partial charge >= 0.3 is 41.9 Å². The fourth-order valence-corrected chi connectivity index (χ4v) is 3.50. The molecule has 0 unspecified atom stereocenters. The van der Waals surface area contributed by atoms with Gasteiger partial charge in [-0.2, -0.15) is 52.1 Å². The van der Waals surface area contributed by atoms with Crippen molar-refractivity contribution in [3.05, 3.63) is 87.0 Å². The molecule has 30 heavy (non-hydrogen) atoms. The second-order valence-electron chi connectivity index (χ2n) is 8.13. The van der Waals surface area contributed by atoms with Gasteiger partial charge in [0.15, 0.2) is 0 Å². The third-order valence-electron chi connectivity index (χ3n) is 5.27. The molecule has 4 rings (SSSR count). The first kappa shape index (κ1) is 29.5. The molecule has 0 bridgehead atoms. The molecule has 0 atom stereocenters. The SMILES string of the molecule is C[Si](C)=[Zr+2].Cc1[c-]c2c(cc1)-c1ccc(C)cc1C2.Cc1[cH-]c(C)c(C)c1C.[Cl-].[Cl-]. The van der Waals surface area contributed by atoms with Crippen molar-refractivity contribution in [2.45, 2.75) is 61.1 Å². The van der Waals surface area contributed by atoms with Crippen molar-refractivity contribution >= 4 is 5.43 Å². The Balaban J connectivity index is 0.000000486. The molecule has 0 nitrogen and oxygen atoms in total. The Hall–Kier alpha value is -0.530. The molecule has 0 saturated heterocycles. The second-order valence-corrected chi connectivity index (χ2v) is 17.5. The van der Waals surface area contributed by atoms with Gasteiger partial charge < -0.3 is 24.8 Å². The van der Waals surface area contributed by atoms with E-state index in [9.17, 15) is 0 Å². The van der Waals surface area contributed by atoms with Gasteiger partial charge in [-0.1, -0.05) is 63.9 Å². The van der Waals surface area contributed by atoms with Crippen molar-refractivity contribution in [1.29, 1.82) is 0 Å². The Morgan fingerprint density at radius 2 is 1.33 bits per heavy atom. The summed E-state index contributed by atoms with van der Waals surface area (Å²) >= 11 is 1.74. The van der Waals surface area contributed by atoms with E-state index in [0.717, 1.165) is 6.42 Å². The molecule has 0 aromatic heterocycles. The first-order valence-electron chi connectivity index (χ1n) is 9.93. The van der Waals surface area contributed by atoms with Gasteiger partial charge in [-0.25, -0.2) is 0 Å². The van der Waals surface area contributed by atoms with Crippen LogP contribution in [-0.4, -0.2) is 5.43 Å². The summed E-state index contributed by atoms with van der Waals surface area (Å²) in [4.78, 5) is 0. The normalized spacial score (nSPS) is 10.2. The largest absolute Gasteiger partial charge is 1.00 e. The zero-order chi connectivity index (χ0) is 21.0. The molecule has 4 heteroatoms. The maximum Gasteiger partial charge on any atom is -0.0253 e. The zero-order valence-electron chi connectivity index (χ0n) is 19.4. The molecule has 160 valence electrons. The third kappa shape index (κ3) is 7.86. The van der Waals surface area contributed by atoms with Crippen LogP contribution in [0.1, 0.15) is 44.5 Å². The molecule has 3 aromatic carbocycles. The molecule has 1 aliphatic rings. The Morgan fingerprint density at radius 1 is 0.833 bits per heavy atom. The molecule has 3 aromatic rings. The van der Waals surface area contributed by atoms with E-state index in [0.29, 0.717) is 0 Å². The minimum absolute atomic E-state index is 0. The number of benzene rings is 2. The monoisotopic (exact) mass is 532 g/mol. The van der Waals surface area contributed by atoms with Crippen LogP contribution in [0.25, 0.3) is 11.1 Å². The standard InChI is InChI=1S/C15H13.C9H13.C2H6Si.2ClH.Zr/c1-10-3-5-14-12(7-10)9-13-8-11(2)4-6-15(13)14;1-6-5-7(2)9(4)8(6)3;1-3-2;;;/h3-7H,9H2,1-2H3;5H,1-4H3;1-2H3;2*1H;/q2*-1;;;;+2/p-2. The van der Waals surface area contributed by atoms with Crippen molar-refractivity contribution in [2.75, 3.05) is 0 Å². The third-order valence-corrected chi connectivity index (χ3v) is 5.27. The van der Waals surface area contributed by atoms with Gasteiger partial charge in [-0.3, -0.25) is 0 Å². The average molecular weight is 535 g/mol. The number of hydrogen-bond donors (Lipinski definition) is 0. The van der Waals surface area contributed by atoms with Gasteiger partial charge in [0, 0.05) is 0 Å². The average Bonchev–Trinajstić information content (AvgIpc) is 3.06. The van der Waals surface area contributed by atoms with E-state index in [1.165, 1.54) is 55.6 Å². The smallest absolute Gasteiger partial charge is 0.0253 e.